The topological polar surface area (TPSA) is 279 Å². The van der Waals surface area contributed by atoms with Crippen LogP contribution in [-0.4, -0.2) is 145 Å². The van der Waals surface area contributed by atoms with Crippen molar-refractivity contribution in [3.05, 3.63) is 81.6 Å². The summed E-state index contributed by atoms with van der Waals surface area (Å²) in [6.07, 6.45) is 14.5. The van der Waals surface area contributed by atoms with Crippen molar-refractivity contribution >= 4 is 75.2 Å². The number of aliphatic imine (C=N–C) groups is 1. The van der Waals surface area contributed by atoms with Gasteiger partial charge in [-0.3, -0.25) is 34.1 Å². The molecular formula is C49H69ClN12O9S. The number of imide groups is 1. The van der Waals surface area contributed by atoms with E-state index >= 15 is 0 Å². The third-order valence-corrected chi connectivity index (χ3v) is 14.8. The molecule has 5 amide bonds. The molecule has 0 radical (unpaired) electrons. The predicted molar refractivity (Wildman–Crippen MR) is 277 cm³/mol. The summed E-state index contributed by atoms with van der Waals surface area (Å²) < 4.78 is 18.3. The summed E-state index contributed by atoms with van der Waals surface area (Å²) in [5.74, 6) is -0.389. The zero-order valence-corrected chi connectivity index (χ0v) is 42.6. The highest BCUT2D eigenvalue weighted by Gasteiger charge is 2.39. The van der Waals surface area contributed by atoms with Gasteiger partial charge in [0, 0.05) is 105 Å². The first-order chi connectivity index (χ1) is 34.8. The number of amidine groups is 1. The molecule has 23 heteroatoms. The highest BCUT2D eigenvalue weighted by Crippen LogP contribution is 2.39. The Balaban J connectivity index is 0.785. The van der Waals surface area contributed by atoms with E-state index in [9.17, 15) is 28.8 Å². The molecule has 4 aliphatic rings. The van der Waals surface area contributed by atoms with E-state index in [4.69, 9.17) is 37.3 Å². The Morgan fingerprint density at radius 1 is 1.00 bits per heavy atom. The second-order valence-corrected chi connectivity index (χ2v) is 19.3. The molecule has 3 saturated heterocycles. The lowest BCUT2D eigenvalue weighted by Gasteiger charge is -2.39. The Hall–Kier alpha value is -5.78. The molecule has 0 saturated carbocycles. The largest absolute Gasteiger partial charge is 0.385 e. The van der Waals surface area contributed by atoms with Crippen molar-refractivity contribution in [3.63, 3.8) is 0 Å². The molecule has 0 spiro atoms. The number of ether oxygens (including phenoxy) is 3. The fourth-order valence-electron chi connectivity index (χ4n) is 9.07. The monoisotopic (exact) mass is 1040 g/mol. The zero-order chi connectivity index (χ0) is 51.5. The van der Waals surface area contributed by atoms with Gasteiger partial charge in [-0.2, -0.15) is 5.10 Å². The number of fused-ring (bicyclic) bond motifs is 1. The van der Waals surface area contributed by atoms with Crippen molar-refractivity contribution in [1.82, 2.24) is 40.8 Å². The third kappa shape index (κ3) is 15.6. The molecule has 6 rings (SSSR count). The molecule has 4 unspecified atom stereocenters. The number of allylic oxidation sites excluding steroid dienone is 3. The number of nitrogens with two attached hydrogens (primary N) is 2. The van der Waals surface area contributed by atoms with Gasteiger partial charge in [0.25, 0.3) is 11.5 Å². The standard InChI is InChI=1S/C49H69ClN12O9S/c1-3-49(16-7-25-71-33(2)44(49)51)17-19-54-38-32-56-47(45(52)58-38)72-35(30-50)9-4-5-18-55-39(63)13-14-41(65)60-21-23-61(24-22-60)42(66)15-26-69-28-29-70-27-20-53-36-10-6-8-34-31-57-62(48(68)43(34)36)37-11-12-40(64)59-46(37)67/h4-6,8-10,18,30-33,37,44,47,53-54,56H,3,7,11-17,19-29,51H2,1-2H3,(H2,52,58)(H,55,63)(H,59,64,67)/b9-4-,18-5+,35-30-/t33?,37?,44-,47?,49?/m1/s1. The van der Waals surface area contributed by atoms with Crippen LogP contribution >= 0.6 is 23.4 Å². The summed E-state index contributed by atoms with van der Waals surface area (Å²) in [7, 11) is 0. The number of piperidine rings is 1. The molecule has 72 heavy (non-hydrogen) atoms. The van der Waals surface area contributed by atoms with Gasteiger partial charge >= 0.3 is 0 Å². The molecule has 5 heterocycles. The summed E-state index contributed by atoms with van der Waals surface area (Å²) in [6, 6.07) is 4.43. The molecule has 9 N–H and O–H groups in total. The van der Waals surface area contributed by atoms with Crippen LogP contribution in [-0.2, 0) is 38.2 Å². The quantitative estimate of drug-likeness (QED) is 0.0452. The van der Waals surface area contributed by atoms with Crippen LogP contribution in [0.25, 0.3) is 10.8 Å². The minimum absolute atomic E-state index is 0.00117. The lowest BCUT2D eigenvalue weighted by Crippen LogP contribution is -2.50. The Labute approximate surface area is 428 Å². The van der Waals surface area contributed by atoms with Gasteiger partial charge in [0.15, 0.2) is 0 Å². The Kier molecular flexibility index (Phi) is 21.5. The molecule has 0 bridgehead atoms. The third-order valence-electron chi connectivity index (χ3n) is 13.3. The molecular weight excluding hydrogens is 968 g/mol. The lowest BCUT2D eigenvalue weighted by molar-refractivity contribution is -0.140. The van der Waals surface area contributed by atoms with Crippen LogP contribution in [0.15, 0.2) is 81.1 Å². The number of aromatic nitrogens is 2. The highest BCUT2D eigenvalue weighted by atomic mass is 35.5. The number of piperazine rings is 1. The Morgan fingerprint density at radius 2 is 1.75 bits per heavy atom. The van der Waals surface area contributed by atoms with Crippen LogP contribution in [0.5, 0.6) is 0 Å². The van der Waals surface area contributed by atoms with Crippen LogP contribution in [0.4, 0.5) is 5.69 Å². The minimum Gasteiger partial charge on any atom is -0.385 e. The fraction of sp³-hybridized carbons (Fsp3) is 0.551. The maximum atomic E-state index is 13.4. The number of anilines is 1. The van der Waals surface area contributed by atoms with Crippen LogP contribution in [0.2, 0.25) is 0 Å². The van der Waals surface area contributed by atoms with Gasteiger partial charge in [0.05, 0.1) is 50.5 Å². The summed E-state index contributed by atoms with van der Waals surface area (Å²) in [4.78, 5) is 84.2. The van der Waals surface area contributed by atoms with E-state index in [0.29, 0.717) is 85.5 Å². The van der Waals surface area contributed by atoms with Gasteiger partial charge < -0.3 is 56.7 Å². The van der Waals surface area contributed by atoms with Crippen LogP contribution < -0.4 is 43.6 Å². The van der Waals surface area contributed by atoms with E-state index in [1.807, 2.05) is 0 Å². The summed E-state index contributed by atoms with van der Waals surface area (Å²) >= 11 is 7.50. The number of rotatable bonds is 24. The normalized spacial score (nSPS) is 23.1. The molecule has 21 nitrogen and oxygen atoms in total. The SMILES string of the molecule is CCC1(CCNC2=CNC(SC(/C=C\C=C\NC(=O)CCC(=O)N3CCN(C(=O)CCOCCOCCNc4cccc5cnn(C6CCC(=O)NC6=O)c(=O)c45)CC3)=C\Cl)C(N)=N2)CCCOC(C)[C@H]1N. The first kappa shape index (κ1) is 55.5. The average Bonchev–Trinajstić information content (AvgIpc) is 3.52. The Bertz CT molecular complexity index is 2440. The second kappa shape index (κ2) is 27.9. The number of hydrogen-bond acceptors (Lipinski definition) is 17. The van der Waals surface area contributed by atoms with E-state index in [1.165, 1.54) is 29.7 Å². The smallest absolute Gasteiger partial charge is 0.277 e. The van der Waals surface area contributed by atoms with Crippen LogP contribution in [0.3, 0.4) is 0 Å². The molecule has 0 aliphatic carbocycles. The molecule has 3 fully saturated rings. The number of nitrogens with zero attached hydrogens (tertiary/aromatic N) is 5. The van der Waals surface area contributed by atoms with Gasteiger partial charge in [-0.1, -0.05) is 48.5 Å². The summed E-state index contributed by atoms with van der Waals surface area (Å²) in [5, 5.41) is 19.7. The predicted octanol–water partition coefficient (Wildman–Crippen LogP) is 2.65. The number of hydrogen-bond donors (Lipinski definition) is 7. The fourth-order valence-corrected chi connectivity index (χ4v) is 10.1. The molecule has 1 aromatic heterocycles. The van der Waals surface area contributed by atoms with Crippen LogP contribution in [0.1, 0.15) is 77.7 Å². The highest BCUT2D eigenvalue weighted by molar-refractivity contribution is 8.04. The molecule has 2 aromatic rings. The van der Waals surface area contributed by atoms with Crippen molar-refractivity contribution in [1.29, 1.82) is 0 Å². The summed E-state index contributed by atoms with van der Waals surface area (Å²) in [5.41, 5.74) is 14.6. The van der Waals surface area contributed by atoms with Crippen molar-refractivity contribution in [3.8, 4) is 0 Å². The Morgan fingerprint density at radius 3 is 2.47 bits per heavy atom. The van der Waals surface area contributed by atoms with Crippen molar-refractivity contribution in [2.24, 2.45) is 21.9 Å². The molecule has 4 aliphatic heterocycles. The van der Waals surface area contributed by atoms with Gasteiger partial charge in [-0.25, -0.2) is 9.67 Å². The van der Waals surface area contributed by atoms with Crippen molar-refractivity contribution in [2.45, 2.75) is 95.2 Å². The van der Waals surface area contributed by atoms with Crippen LogP contribution in [0, 0.1) is 5.41 Å². The van der Waals surface area contributed by atoms with E-state index < -0.39 is 17.5 Å². The molecule has 1 aromatic carbocycles. The number of carbonyl (C=O) groups is 5. The van der Waals surface area contributed by atoms with E-state index in [1.54, 1.807) is 52.4 Å². The number of thioether (sulfide) groups is 1. The number of halogens is 1. The number of nitrogens with one attached hydrogen (secondary N) is 5. The number of benzene rings is 1. The van der Waals surface area contributed by atoms with Gasteiger partial charge in [-0.05, 0) is 62.7 Å². The maximum absolute atomic E-state index is 13.4. The first-order valence-electron chi connectivity index (χ1n) is 24.6. The maximum Gasteiger partial charge on any atom is 0.277 e. The van der Waals surface area contributed by atoms with E-state index in [0.717, 1.165) is 37.0 Å². The van der Waals surface area contributed by atoms with Gasteiger partial charge in [0.1, 0.15) is 23.1 Å². The molecule has 392 valence electrons. The zero-order valence-electron chi connectivity index (χ0n) is 41.1. The second-order valence-electron chi connectivity index (χ2n) is 17.9. The minimum atomic E-state index is -0.862. The molecule has 5 atom stereocenters. The van der Waals surface area contributed by atoms with E-state index in [-0.39, 0.29) is 91.9 Å². The van der Waals surface area contributed by atoms with Gasteiger partial charge in [-0.15, -0.1) is 0 Å². The van der Waals surface area contributed by atoms with E-state index in [2.05, 4.69) is 50.5 Å². The number of amides is 5. The van der Waals surface area contributed by atoms with Crippen molar-refractivity contribution < 1.29 is 38.2 Å². The number of carbonyl (C=O) groups excluding carboxylic acids is 5. The lowest BCUT2D eigenvalue weighted by atomic mass is 9.71. The first-order valence-corrected chi connectivity index (χ1v) is 25.9. The van der Waals surface area contributed by atoms with Gasteiger partial charge in [0.2, 0.25) is 23.6 Å². The average molecular weight is 1040 g/mol. The van der Waals surface area contributed by atoms with Crippen molar-refractivity contribution in [2.75, 3.05) is 77.6 Å². The summed E-state index contributed by atoms with van der Waals surface area (Å²) in [6.45, 7) is 8.77.